The Kier molecular flexibility index (Phi) is 6.59. The number of ketones is 1. The highest BCUT2D eigenvalue weighted by molar-refractivity contribution is 9.08. The maximum atomic E-state index is 13.7. The number of hydrogen-bond acceptors (Lipinski definition) is 1. The zero-order chi connectivity index (χ0) is 21.4. The van der Waals surface area contributed by atoms with E-state index in [1.807, 2.05) is 0 Å². The molecule has 0 aromatic heterocycles. The van der Waals surface area contributed by atoms with Crippen LogP contribution in [0, 0.1) is 11.6 Å². The Bertz CT molecular complexity index is 845. The van der Waals surface area contributed by atoms with E-state index in [1.54, 1.807) is 0 Å². The normalized spacial score (nSPS) is 12.4. The van der Waals surface area contributed by atoms with Crippen molar-refractivity contribution in [1.29, 1.82) is 0 Å². The van der Waals surface area contributed by atoms with E-state index < -0.39 is 73.8 Å². The lowest BCUT2D eigenvalue weighted by molar-refractivity contribution is -0.141. The number of halogens is 10. The van der Waals surface area contributed by atoms with Gasteiger partial charge in [-0.1, -0.05) is 31.9 Å². The van der Waals surface area contributed by atoms with Crippen LogP contribution in [0.1, 0.15) is 38.2 Å². The van der Waals surface area contributed by atoms with Gasteiger partial charge in [0, 0.05) is 21.8 Å². The molecular formula is C17H8Br2F8O. The minimum absolute atomic E-state index is 0.407. The van der Waals surface area contributed by atoms with Gasteiger partial charge in [-0.15, -0.1) is 0 Å². The molecule has 2 aromatic rings. The Balaban J connectivity index is 2.79. The Labute approximate surface area is 170 Å². The van der Waals surface area contributed by atoms with Crippen molar-refractivity contribution in [2.45, 2.75) is 23.0 Å². The van der Waals surface area contributed by atoms with E-state index in [9.17, 15) is 39.9 Å². The van der Waals surface area contributed by atoms with Crippen LogP contribution in [0.25, 0.3) is 0 Å². The van der Waals surface area contributed by atoms with Crippen molar-refractivity contribution in [3.8, 4) is 0 Å². The quantitative estimate of drug-likeness (QED) is 0.232. The third-order valence-corrected chi connectivity index (χ3v) is 4.97. The fraction of sp³-hybridized carbons (Fsp3) is 0.235. The molecule has 2 aromatic carbocycles. The molecule has 0 N–H and O–H groups in total. The molecule has 0 radical (unpaired) electrons. The third kappa shape index (κ3) is 4.24. The van der Waals surface area contributed by atoms with Crippen LogP contribution in [0.2, 0.25) is 0 Å². The summed E-state index contributed by atoms with van der Waals surface area (Å²) < 4.78 is 107. The van der Waals surface area contributed by atoms with E-state index in [2.05, 4.69) is 31.9 Å². The summed E-state index contributed by atoms with van der Waals surface area (Å²) in [5.74, 6) is -4.48. The second-order valence-corrected chi connectivity index (χ2v) is 6.61. The summed E-state index contributed by atoms with van der Waals surface area (Å²) in [6.07, 6.45) is -10.3. The highest BCUT2D eigenvalue weighted by Crippen LogP contribution is 2.39. The van der Waals surface area contributed by atoms with E-state index in [0.29, 0.717) is 12.1 Å². The first-order valence-electron chi connectivity index (χ1n) is 7.28. The lowest BCUT2D eigenvalue weighted by atomic mass is 9.91. The van der Waals surface area contributed by atoms with Gasteiger partial charge in [-0.05, 0) is 35.4 Å². The monoisotopic (exact) mass is 538 g/mol. The first kappa shape index (κ1) is 22.8. The molecule has 0 aliphatic rings. The van der Waals surface area contributed by atoms with E-state index in [1.165, 1.54) is 0 Å². The molecule has 0 amide bonds. The predicted molar refractivity (Wildman–Crippen MR) is 91.5 cm³/mol. The molecule has 0 aliphatic carbocycles. The summed E-state index contributed by atoms with van der Waals surface area (Å²) in [7, 11) is 0. The number of carbonyl (C=O) groups is 1. The lowest BCUT2D eigenvalue weighted by Crippen LogP contribution is -2.19. The number of benzene rings is 2. The molecule has 152 valence electrons. The first-order chi connectivity index (χ1) is 12.8. The van der Waals surface area contributed by atoms with Crippen LogP contribution in [0.3, 0.4) is 0 Å². The summed E-state index contributed by atoms with van der Waals surface area (Å²) >= 11 is 5.50. The number of carbonyl (C=O) groups excluding carboxylic acids is 1. The minimum atomic E-state index is -5.14. The third-order valence-electron chi connectivity index (χ3n) is 3.85. The van der Waals surface area contributed by atoms with Gasteiger partial charge in [-0.25, -0.2) is 8.78 Å². The molecule has 0 saturated heterocycles. The van der Waals surface area contributed by atoms with E-state index in [4.69, 9.17) is 0 Å². The fourth-order valence-electron chi connectivity index (χ4n) is 2.70. The zero-order valence-corrected chi connectivity index (χ0v) is 16.6. The van der Waals surface area contributed by atoms with E-state index >= 15 is 0 Å². The topological polar surface area (TPSA) is 17.1 Å². The summed E-state index contributed by atoms with van der Waals surface area (Å²) in [5, 5.41) is -1.17. The number of alkyl halides is 8. The van der Waals surface area contributed by atoms with Gasteiger partial charge in [-0.3, -0.25) is 4.79 Å². The molecule has 0 bridgehead atoms. The molecule has 0 spiro atoms. The minimum Gasteiger partial charge on any atom is -0.289 e. The molecule has 2 rings (SSSR count). The van der Waals surface area contributed by atoms with Gasteiger partial charge in [0.2, 0.25) is 0 Å². The van der Waals surface area contributed by atoms with E-state index in [-0.39, 0.29) is 0 Å². The van der Waals surface area contributed by atoms with Crippen molar-refractivity contribution in [3.05, 3.63) is 69.3 Å². The van der Waals surface area contributed by atoms with Crippen molar-refractivity contribution in [2.75, 3.05) is 0 Å². The first-order valence-corrected chi connectivity index (χ1v) is 9.52. The van der Waals surface area contributed by atoms with Crippen molar-refractivity contribution < 1.29 is 39.9 Å². The molecule has 0 saturated carbocycles. The fourth-order valence-corrected chi connectivity index (χ4v) is 3.86. The second kappa shape index (κ2) is 8.10. The van der Waals surface area contributed by atoms with Crippen molar-refractivity contribution in [2.24, 2.45) is 0 Å². The summed E-state index contributed by atoms with van der Waals surface area (Å²) in [6.45, 7) is 0. The zero-order valence-electron chi connectivity index (χ0n) is 13.4. The van der Waals surface area contributed by atoms with Gasteiger partial charge < -0.3 is 0 Å². The summed E-state index contributed by atoms with van der Waals surface area (Å²) in [6, 6.07) is 2.31. The molecule has 0 atom stereocenters. The van der Waals surface area contributed by atoms with Crippen molar-refractivity contribution >= 4 is 37.6 Å². The second-order valence-electron chi connectivity index (χ2n) is 5.49. The van der Waals surface area contributed by atoms with Crippen LogP contribution < -0.4 is 0 Å². The average Bonchev–Trinajstić information content (AvgIpc) is 2.57. The van der Waals surface area contributed by atoms with Crippen LogP contribution in [0.15, 0.2) is 24.3 Å². The Morgan fingerprint density at radius 1 is 0.714 bits per heavy atom. The van der Waals surface area contributed by atoms with Gasteiger partial charge in [0.15, 0.2) is 5.78 Å². The molecule has 0 aliphatic heterocycles. The lowest BCUT2D eigenvalue weighted by Gasteiger charge is -2.18. The highest BCUT2D eigenvalue weighted by atomic mass is 79.9. The molecule has 0 unspecified atom stereocenters. The molecule has 0 fully saturated rings. The van der Waals surface area contributed by atoms with Crippen LogP contribution in [-0.4, -0.2) is 5.78 Å². The molecular weight excluding hydrogens is 532 g/mol. The van der Waals surface area contributed by atoms with Crippen molar-refractivity contribution in [1.82, 2.24) is 0 Å². The van der Waals surface area contributed by atoms with Crippen LogP contribution in [0.4, 0.5) is 35.1 Å². The molecule has 1 nitrogen and oxygen atoms in total. The smallest absolute Gasteiger partial charge is 0.289 e. The number of hydrogen-bond donors (Lipinski definition) is 0. The standard InChI is InChI=1S/C17H8Br2F8O/c18-5-9-7(1-3-11(20)13(9)16(22,23)24)15(28)8-2-4-12(21)14(10(8)6-19)17(25,26)27/h1-4H,5-6H2. The molecule has 0 heterocycles. The SMILES string of the molecule is O=C(c1ccc(F)c(C(F)(F)F)c1CBr)c1ccc(F)c(C(F)(F)F)c1CBr. The predicted octanol–water partition coefficient (Wildman–Crippen LogP) is 7.02. The molecule has 11 heteroatoms. The van der Waals surface area contributed by atoms with Gasteiger partial charge >= 0.3 is 12.4 Å². The maximum absolute atomic E-state index is 13.7. The van der Waals surface area contributed by atoms with Crippen LogP contribution >= 0.6 is 31.9 Å². The van der Waals surface area contributed by atoms with Crippen LogP contribution in [-0.2, 0) is 23.0 Å². The van der Waals surface area contributed by atoms with Gasteiger partial charge in [0.1, 0.15) is 11.6 Å². The van der Waals surface area contributed by atoms with Gasteiger partial charge in [0.25, 0.3) is 0 Å². The molecule has 28 heavy (non-hydrogen) atoms. The summed E-state index contributed by atoms with van der Waals surface area (Å²) in [5.41, 5.74) is -6.23. The van der Waals surface area contributed by atoms with Crippen LogP contribution in [0.5, 0.6) is 0 Å². The Morgan fingerprint density at radius 3 is 1.29 bits per heavy atom. The maximum Gasteiger partial charge on any atom is 0.419 e. The summed E-state index contributed by atoms with van der Waals surface area (Å²) in [4.78, 5) is 12.8. The highest BCUT2D eigenvalue weighted by Gasteiger charge is 2.40. The largest absolute Gasteiger partial charge is 0.419 e. The number of rotatable bonds is 4. The Morgan fingerprint density at radius 2 is 1.04 bits per heavy atom. The Hall–Kier alpha value is -1.49. The van der Waals surface area contributed by atoms with Gasteiger partial charge in [0.05, 0.1) is 11.1 Å². The average molecular weight is 540 g/mol. The van der Waals surface area contributed by atoms with E-state index in [0.717, 1.165) is 12.1 Å². The van der Waals surface area contributed by atoms with Crippen molar-refractivity contribution in [3.63, 3.8) is 0 Å². The van der Waals surface area contributed by atoms with Gasteiger partial charge in [-0.2, -0.15) is 26.3 Å².